The molecule has 116 valence electrons. The number of likely N-dealkylation sites (tertiary alicyclic amines) is 1. The molecule has 2 rings (SSSR count). The highest BCUT2D eigenvalue weighted by atomic mass is 16.1. The quantitative estimate of drug-likeness (QED) is 0.808. The summed E-state index contributed by atoms with van der Waals surface area (Å²) in [6.45, 7) is 4.07. The van der Waals surface area contributed by atoms with Crippen molar-refractivity contribution in [3.8, 4) is 0 Å². The Hall–Kier alpha value is -1.39. The average Bonchev–Trinajstić information content (AvgIpc) is 2.54. The minimum absolute atomic E-state index is 0.0564. The molecule has 1 unspecified atom stereocenters. The lowest BCUT2D eigenvalue weighted by atomic mass is 10.0. The van der Waals surface area contributed by atoms with Gasteiger partial charge in [0.25, 0.3) is 0 Å². The molecule has 0 radical (unpaired) electrons. The molecule has 1 aliphatic heterocycles. The van der Waals surface area contributed by atoms with E-state index >= 15 is 0 Å². The molecule has 1 amide bonds. The summed E-state index contributed by atoms with van der Waals surface area (Å²) in [5.74, 6) is 0.110. The highest BCUT2D eigenvalue weighted by molar-refractivity contribution is 5.75. The van der Waals surface area contributed by atoms with E-state index in [1.165, 1.54) is 32.4 Å². The molecule has 3 N–H and O–H groups in total. The van der Waals surface area contributed by atoms with Crippen LogP contribution in [-0.2, 0) is 4.79 Å². The lowest BCUT2D eigenvalue weighted by Gasteiger charge is -2.26. The van der Waals surface area contributed by atoms with Crippen molar-refractivity contribution < 1.29 is 4.79 Å². The second-order valence-corrected chi connectivity index (χ2v) is 5.81. The first-order valence-electron chi connectivity index (χ1n) is 8.05. The Morgan fingerprint density at radius 2 is 1.90 bits per heavy atom. The Kier molecular flexibility index (Phi) is 6.70. The van der Waals surface area contributed by atoms with Gasteiger partial charge in [-0.05, 0) is 37.9 Å². The summed E-state index contributed by atoms with van der Waals surface area (Å²) < 4.78 is 0. The zero-order valence-electron chi connectivity index (χ0n) is 12.8. The van der Waals surface area contributed by atoms with E-state index in [1.54, 1.807) is 0 Å². The monoisotopic (exact) mass is 289 g/mol. The first-order chi connectivity index (χ1) is 10.3. The van der Waals surface area contributed by atoms with Gasteiger partial charge in [0.2, 0.25) is 5.91 Å². The minimum atomic E-state index is -0.0564. The van der Waals surface area contributed by atoms with Crippen molar-refractivity contribution in [1.29, 1.82) is 0 Å². The maximum Gasteiger partial charge on any atom is 0.220 e. The first kappa shape index (κ1) is 16.0. The van der Waals surface area contributed by atoms with Crippen LogP contribution < -0.4 is 11.1 Å². The van der Waals surface area contributed by atoms with Gasteiger partial charge in [-0.2, -0.15) is 0 Å². The molecule has 4 heteroatoms. The largest absolute Gasteiger partial charge is 0.355 e. The van der Waals surface area contributed by atoms with Crippen LogP contribution in [0.25, 0.3) is 0 Å². The lowest BCUT2D eigenvalue weighted by molar-refractivity contribution is -0.121. The van der Waals surface area contributed by atoms with E-state index in [2.05, 4.69) is 10.2 Å². The van der Waals surface area contributed by atoms with Crippen molar-refractivity contribution in [2.24, 2.45) is 5.73 Å². The molecule has 1 atom stereocenters. The maximum atomic E-state index is 11.8. The topological polar surface area (TPSA) is 58.4 Å². The van der Waals surface area contributed by atoms with Crippen LogP contribution in [0.5, 0.6) is 0 Å². The second kappa shape index (κ2) is 8.80. The number of nitrogens with two attached hydrogens (primary N) is 1. The molecular weight excluding hydrogens is 262 g/mol. The fourth-order valence-electron chi connectivity index (χ4n) is 2.78. The summed E-state index contributed by atoms with van der Waals surface area (Å²) in [4.78, 5) is 14.3. The molecule has 1 saturated heterocycles. The fraction of sp³-hybridized carbons (Fsp3) is 0.588. The van der Waals surface area contributed by atoms with Crippen LogP contribution in [0.2, 0.25) is 0 Å². The second-order valence-electron chi connectivity index (χ2n) is 5.81. The number of benzene rings is 1. The molecule has 1 fully saturated rings. The Morgan fingerprint density at radius 3 is 2.62 bits per heavy atom. The van der Waals surface area contributed by atoms with E-state index in [-0.39, 0.29) is 11.9 Å². The van der Waals surface area contributed by atoms with Gasteiger partial charge in [-0.3, -0.25) is 4.79 Å². The van der Waals surface area contributed by atoms with Crippen molar-refractivity contribution in [3.05, 3.63) is 35.9 Å². The summed E-state index contributed by atoms with van der Waals surface area (Å²) in [7, 11) is 0. The highest BCUT2D eigenvalue weighted by Gasteiger charge is 2.11. The standard InChI is InChI=1S/C17H27N3O/c18-16(15-7-3-1-4-8-15)9-10-17(21)19-11-14-20-12-5-2-6-13-20/h1,3-4,7-8,16H,2,5-6,9-14,18H2,(H,19,21). The minimum Gasteiger partial charge on any atom is -0.355 e. The number of nitrogens with zero attached hydrogens (tertiary/aromatic N) is 1. The van der Waals surface area contributed by atoms with Crippen molar-refractivity contribution in [1.82, 2.24) is 10.2 Å². The highest BCUT2D eigenvalue weighted by Crippen LogP contribution is 2.14. The van der Waals surface area contributed by atoms with Crippen LogP contribution in [0, 0.1) is 0 Å². The van der Waals surface area contributed by atoms with E-state index in [0.29, 0.717) is 12.8 Å². The summed E-state index contributed by atoms with van der Waals surface area (Å²) in [5, 5.41) is 3.00. The molecular formula is C17H27N3O. The van der Waals surface area contributed by atoms with Crippen LogP contribution in [0.4, 0.5) is 0 Å². The van der Waals surface area contributed by atoms with Crippen LogP contribution in [0.15, 0.2) is 30.3 Å². The number of amides is 1. The van der Waals surface area contributed by atoms with Gasteiger partial charge < -0.3 is 16.0 Å². The maximum absolute atomic E-state index is 11.8. The van der Waals surface area contributed by atoms with Crippen LogP contribution >= 0.6 is 0 Å². The van der Waals surface area contributed by atoms with Gasteiger partial charge in [-0.15, -0.1) is 0 Å². The third-order valence-electron chi connectivity index (χ3n) is 4.11. The predicted octanol–water partition coefficient (Wildman–Crippen LogP) is 2.07. The Labute approximate surface area is 127 Å². The van der Waals surface area contributed by atoms with E-state index in [9.17, 15) is 4.79 Å². The predicted molar refractivity (Wildman–Crippen MR) is 85.9 cm³/mol. The molecule has 4 nitrogen and oxygen atoms in total. The molecule has 1 aromatic carbocycles. The van der Waals surface area contributed by atoms with Gasteiger partial charge in [0.05, 0.1) is 0 Å². The van der Waals surface area contributed by atoms with Gasteiger partial charge in [0, 0.05) is 25.6 Å². The summed E-state index contributed by atoms with van der Waals surface area (Å²) in [5.41, 5.74) is 7.20. The normalized spacial score (nSPS) is 17.4. The third-order valence-corrected chi connectivity index (χ3v) is 4.11. The number of hydrogen-bond donors (Lipinski definition) is 2. The van der Waals surface area contributed by atoms with Crippen LogP contribution in [0.3, 0.4) is 0 Å². The molecule has 1 aliphatic rings. The first-order valence-corrected chi connectivity index (χ1v) is 8.05. The Bertz CT molecular complexity index is 415. The molecule has 0 aliphatic carbocycles. The number of carbonyl (C=O) groups is 1. The number of piperidine rings is 1. The number of rotatable bonds is 7. The van der Waals surface area contributed by atoms with Gasteiger partial charge >= 0.3 is 0 Å². The summed E-state index contributed by atoms with van der Waals surface area (Å²) in [6, 6.07) is 9.91. The number of hydrogen-bond acceptors (Lipinski definition) is 3. The zero-order chi connectivity index (χ0) is 14.9. The van der Waals surface area contributed by atoms with Crippen molar-refractivity contribution in [3.63, 3.8) is 0 Å². The molecule has 0 aromatic heterocycles. The Balaban J connectivity index is 1.59. The SMILES string of the molecule is NC(CCC(=O)NCCN1CCCCC1)c1ccccc1. The van der Waals surface area contributed by atoms with E-state index < -0.39 is 0 Å². The number of nitrogens with one attached hydrogen (secondary N) is 1. The zero-order valence-corrected chi connectivity index (χ0v) is 12.8. The van der Waals surface area contributed by atoms with Gasteiger partial charge in [-0.25, -0.2) is 0 Å². The molecule has 1 aromatic rings. The molecule has 21 heavy (non-hydrogen) atoms. The third kappa shape index (κ3) is 5.86. The van der Waals surface area contributed by atoms with Gasteiger partial charge in [-0.1, -0.05) is 36.8 Å². The average molecular weight is 289 g/mol. The smallest absolute Gasteiger partial charge is 0.220 e. The molecule has 0 bridgehead atoms. The van der Waals surface area contributed by atoms with Crippen molar-refractivity contribution in [2.75, 3.05) is 26.2 Å². The summed E-state index contributed by atoms with van der Waals surface area (Å²) >= 11 is 0. The van der Waals surface area contributed by atoms with Gasteiger partial charge in [0.15, 0.2) is 0 Å². The lowest BCUT2D eigenvalue weighted by Crippen LogP contribution is -2.37. The van der Waals surface area contributed by atoms with Crippen LogP contribution in [-0.4, -0.2) is 37.0 Å². The van der Waals surface area contributed by atoms with E-state index in [4.69, 9.17) is 5.73 Å². The summed E-state index contributed by atoms with van der Waals surface area (Å²) in [6.07, 6.45) is 5.12. The Morgan fingerprint density at radius 1 is 1.19 bits per heavy atom. The molecule has 0 saturated carbocycles. The van der Waals surface area contributed by atoms with Crippen molar-refractivity contribution in [2.45, 2.75) is 38.1 Å². The van der Waals surface area contributed by atoms with E-state index in [1.807, 2.05) is 30.3 Å². The van der Waals surface area contributed by atoms with Crippen molar-refractivity contribution >= 4 is 5.91 Å². The number of carbonyl (C=O) groups excluding carboxylic acids is 1. The van der Waals surface area contributed by atoms with Crippen LogP contribution in [0.1, 0.15) is 43.7 Å². The van der Waals surface area contributed by atoms with E-state index in [0.717, 1.165) is 18.7 Å². The fourth-order valence-corrected chi connectivity index (χ4v) is 2.78. The molecule has 1 heterocycles. The molecule has 0 spiro atoms. The van der Waals surface area contributed by atoms with Gasteiger partial charge in [0.1, 0.15) is 0 Å².